The lowest BCUT2D eigenvalue weighted by Crippen LogP contribution is -2.44. The lowest BCUT2D eigenvalue weighted by atomic mass is 10.1. The molecule has 1 aromatic heterocycles. The van der Waals surface area contributed by atoms with Crippen molar-refractivity contribution in [1.82, 2.24) is 20.2 Å². The highest BCUT2D eigenvalue weighted by atomic mass is 15.2. The second-order valence-corrected chi connectivity index (χ2v) is 4.69. The molecule has 0 saturated carbocycles. The smallest absolute Gasteiger partial charge is 0.146 e. The van der Waals surface area contributed by atoms with Crippen LogP contribution in [0.4, 0.5) is 0 Å². The predicted molar refractivity (Wildman–Crippen MR) is 64.4 cm³/mol. The highest BCUT2D eigenvalue weighted by Crippen LogP contribution is 2.18. The van der Waals surface area contributed by atoms with Crippen molar-refractivity contribution in [2.75, 3.05) is 26.7 Å². The quantitative estimate of drug-likeness (QED) is 0.812. The Morgan fingerprint density at radius 3 is 3.00 bits per heavy atom. The van der Waals surface area contributed by atoms with Crippen molar-refractivity contribution in [3.8, 4) is 0 Å². The highest BCUT2D eigenvalue weighted by Gasteiger charge is 2.23. The zero-order valence-corrected chi connectivity index (χ0v) is 10.3. The Bertz CT molecular complexity index is 351. The molecular weight excluding hydrogens is 200 g/mol. The van der Waals surface area contributed by atoms with E-state index in [1.165, 1.54) is 0 Å². The summed E-state index contributed by atoms with van der Waals surface area (Å²) in [6, 6.07) is 2.32. The molecule has 88 valence electrons. The summed E-state index contributed by atoms with van der Waals surface area (Å²) in [7, 11) is 2.14. The maximum absolute atomic E-state index is 4.65. The van der Waals surface area contributed by atoms with E-state index >= 15 is 0 Å². The maximum atomic E-state index is 4.65. The second-order valence-electron chi connectivity index (χ2n) is 4.69. The molecule has 1 atom stereocenters. The molecule has 4 nitrogen and oxygen atoms in total. The summed E-state index contributed by atoms with van der Waals surface area (Å²) in [5.41, 5.74) is 1.13. The molecule has 0 aliphatic carbocycles. The highest BCUT2D eigenvalue weighted by molar-refractivity contribution is 5.09. The maximum Gasteiger partial charge on any atom is 0.146 e. The van der Waals surface area contributed by atoms with Crippen molar-refractivity contribution in [3.63, 3.8) is 0 Å². The van der Waals surface area contributed by atoms with Crippen LogP contribution in [0.1, 0.15) is 37.3 Å². The zero-order valence-electron chi connectivity index (χ0n) is 10.3. The zero-order chi connectivity index (χ0) is 11.5. The molecule has 1 aliphatic heterocycles. The Balaban J connectivity index is 2.21. The van der Waals surface area contributed by atoms with E-state index in [0.29, 0.717) is 12.0 Å². The molecule has 1 fully saturated rings. The third-order valence-electron chi connectivity index (χ3n) is 3.10. The number of rotatable bonds is 2. The first kappa shape index (κ1) is 11.5. The molecule has 2 heterocycles. The largest absolute Gasteiger partial charge is 0.313 e. The second kappa shape index (κ2) is 4.89. The van der Waals surface area contributed by atoms with Gasteiger partial charge in [-0.05, 0) is 19.0 Å². The van der Waals surface area contributed by atoms with Crippen molar-refractivity contribution in [2.24, 2.45) is 0 Å². The minimum Gasteiger partial charge on any atom is -0.313 e. The van der Waals surface area contributed by atoms with Gasteiger partial charge in [-0.25, -0.2) is 9.97 Å². The van der Waals surface area contributed by atoms with Gasteiger partial charge in [-0.3, -0.25) is 4.90 Å². The number of piperazine rings is 1. The monoisotopic (exact) mass is 220 g/mol. The Kier molecular flexibility index (Phi) is 3.51. The first-order chi connectivity index (χ1) is 7.68. The Morgan fingerprint density at radius 1 is 1.50 bits per heavy atom. The van der Waals surface area contributed by atoms with Crippen LogP contribution in [0.3, 0.4) is 0 Å². The van der Waals surface area contributed by atoms with Crippen LogP contribution in [0.5, 0.6) is 0 Å². The van der Waals surface area contributed by atoms with Gasteiger partial charge in [0.05, 0.1) is 6.04 Å². The SMILES string of the molecule is CC(C)c1ccnc(C2CNCCN2C)n1. The number of nitrogens with zero attached hydrogens (tertiary/aromatic N) is 3. The standard InChI is InChI=1S/C12H20N4/c1-9(2)10-4-5-14-12(15-10)11-8-13-6-7-16(11)3/h4-5,9,11,13H,6-8H2,1-3H3. The van der Waals surface area contributed by atoms with Crippen molar-refractivity contribution < 1.29 is 0 Å². The summed E-state index contributed by atoms with van der Waals surface area (Å²) >= 11 is 0. The molecule has 4 heteroatoms. The molecule has 0 bridgehead atoms. The molecule has 0 radical (unpaired) electrons. The molecule has 1 aliphatic rings. The van der Waals surface area contributed by atoms with Crippen molar-refractivity contribution >= 4 is 0 Å². The summed E-state index contributed by atoms with van der Waals surface area (Å²) < 4.78 is 0. The van der Waals surface area contributed by atoms with Gasteiger partial charge in [-0.15, -0.1) is 0 Å². The Labute approximate surface area is 97.1 Å². The summed E-state index contributed by atoms with van der Waals surface area (Å²) in [5, 5.41) is 3.39. The first-order valence-corrected chi connectivity index (χ1v) is 5.92. The van der Waals surface area contributed by atoms with E-state index in [2.05, 4.69) is 41.1 Å². The molecule has 0 amide bonds. The lowest BCUT2D eigenvalue weighted by molar-refractivity contribution is 0.194. The molecule has 0 aromatic carbocycles. The van der Waals surface area contributed by atoms with Gasteiger partial charge in [-0.1, -0.05) is 13.8 Å². The molecule has 1 N–H and O–H groups in total. The van der Waals surface area contributed by atoms with Crippen LogP contribution in [-0.4, -0.2) is 41.5 Å². The molecule has 2 rings (SSSR count). The number of nitrogens with one attached hydrogen (secondary N) is 1. The fraction of sp³-hybridized carbons (Fsp3) is 0.667. The Hall–Kier alpha value is -1.00. The van der Waals surface area contributed by atoms with Crippen LogP contribution in [0.25, 0.3) is 0 Å². The lowest BCUT2D eigenvalue weighted by Gasteiger charge is -2.32. The molecule has 1 unspecified atom stereocenters. The third kappa shape index (κ3) is 2.39. The summed E-state index contributed by atoms with van der Waals surface area (Å²) in [6.45, 7) is 7.37. The predicted octanol–water partition coefficient (Wildman–Crippen LogP) is 1.18. The molecule has 0 spiro atoms. The van der Waals surface area contributed by atoms with E-state index in [9.17, 15) is 0 Å². The number of hydrogen-bond donors (Lipinski definition) is 1. The van der Waals surface area contributed by atoms with Gasteiger partial charge < -0.3 is 5.32 Å². The van der Waals surface area contributed by atoms with E-state index in [-0.39, 0.29) is 0 Å². The van der Waals surface area contributed by atoms with Crippen molar-refractivity contribution in [1.29, 1.82) is 0 Å². The van der Waals surface area contributed by atoms with Crippen LogP contribution in [-0.2, 0) is 0 Å². The summed E-state index contributed by atoms with van der Waals surface area (Å²) in [4.78, 5) is 11.4. The van der Waals surface area contributed by atoms with Crippen LogP contribution < -0.4 is 5.32 Å². The van der Waals surface area contributed by atoms with Crippen LogP contribution >= 0.6 is 0 Å². The number of likely N-dealkylation sites (N-methyl/N-ethyl adjacent to an activating group) is 1. The van der Waals surface area contributed by atoms with Crippen LogP contribution in [0.15, 0.2) is 12.3 Å². The van der Waals surface area contributed by atoms with Gasteiger partial charge in [-0.2, -0.15) is 0 Å². The van der Waals surface area contributed by atoms with E-state index in [1.54, 1.807) is 0 Å². The molecular formula is C12H20N4. The molecule has 1 saturated heterocycles. The fourth-order valence-electron chi connectivity index (χ4n) is 1.96. The van der Waals surface area contributed by atoms with Gasteiger partial charge >= 0.3 is 0 Å². The fourth-order valence-corrected chi connectivity index (χ4v) is 1.96. The van der Waals surface area contributed by atoms with Crippen LogP contribution in [0, 0.1) is 0 Å². The molecule has 1 aromatic rings. The van der Waals surface area contributed by atoms with Crippen LogP contribution in [0.2, 0.25) is 0 Å². The van der Waals surface area contributed by atoms with E-state index < -0.39 is 0 Å². The van der Waals surface area contributed by atoms with Gasteiger partial charge in [0.25, 0.3) is 0 Å². The summed E-state index contributed by atoms with van der Waals surface area (Å²) in [5.74, 6) is 1.41. The van der Waals surface area contributed by atoms with Crippen molar-refractivity contribution in [2.45, 2.75) is 25.8 Å². The van der Waals surface area contributed by atoms with Crippen molar-refractivity contribution in [3.05, 3.63) is 23.8 Å². The van der Waals surface area contributed by atoms with Gasteiger partial charge in [0.15, 0.2) is 0 Å². The number of aromatic nitrogens is 2. The third-order valence-corrected chi connectivity index (χ3v) is 3.10. The van der Waals surface area contributed by atoms with E-state index in [0.717, 1.165) is 31.2 Å². The average Bonchev–Trinajstić information content (AvgIpc) is 2.30. The normalized spacial score (nSPS) is 22.6. The minimum atomic E-state index is 0.312. The average molecular weight is 220 g/mol. The van der Waals surface area contributed by atoms with E-state index in [4.69, 9.17) is 0 Å². The number of hydrogen-bond acceptors (Lipinski definition) is 4. The Morgan fingerprint density at radius 2 is 2.31 bits per heavy atom. The minimum absolute atomic E-state index is 0.312. The van der Waals surface area contributed by atoms with Gasteiger partial charge in [0.1, 0.15) is 5.82 Å². The first-order valence-electron chi connectivity index (χ1n) is 5.92. The van der Waals surface area contributed by atoms with Gasteiger partial charge in [0, 0.05) is 31.5 Å². The van der Waals surface area contributed by atoms with E-state index in [1.807, 2.05) is 12.3 Å². The molecule has 16 heavy (non-hydrogen) atoms. The summed E-state index contributed by atoms with van der Waals surface area (Å²) in [6.07, 6.45) is 1.88. The topological polar surface area (TPSA) is 41.1 Å². The van der Waals surface area contributed by atoms with Gasteiger partial charge in [0.2, 0.25) is 0 Å².